The number of carbonyl (C=O) groups excluding carboxylic acids is 1. The van der Waals surface area contributed by atoms with Crippen LogP contribution in [0.5, 0.6) is 0 Å². The molecule has 0 saturated carbocycles. The van der Waals surface area contributed by atoms with E-state index in [2.05, 4.69) is 15.9 Å². The quantitative estimate of drug-likeness (QED) is 0.527. The predicted molar refractivity (Wildman–Crippen MR) is 105 cm³/mol. The molecule has 0 heterocycles. The molecule has 2 N–H and O–H groups in total. The number of sulfonamides is 1. The summed E-state index contributed by atoms with van der Waals surface area (Å²) >= 11 is 3.35. The molecule has 140 valence electrons. The van der Waals surface area contributed by atoms with Crippen molar-refractivity contribution in [1.29, 1.82) is 0 Å². The van der Waals surface area contributed by atoms with Crippen molar-refractivity contribution in [2.75, 3.05) is 19.1 Å². The predicted octanol–water partition coefficient (Wildman–Crippen LogP) is 2.58. The minimum absolute atomic E-state index is 0.0310. The second kappa shape index (κ2) is 8.66. The summed E-state index contributed by atoms with van der Waals surface area (Å²) in [6.07, 6.45) is 1.27. The number of methoxy groups -OCH3 is 1. The molecule has 0 aliphatic heterocycles. The van der Waals surface area contributed by atoms with Crippen LogP contribution in [0.1, 0.15) is 11.1 Å². The molecule has 2 rings (SSSR count). The molecular formula is C18H21BrN2O4S. The first-order chi connectivity index (χ1) is 12.2. The number of esters is 1. The number of halogens is 1. The van der Waals surface area contributed by atoms with Crippen molar-refractivity contribution in [1.82, 2.24) is 4.31 Å². The molecule has 0 aliphatic carbocycles. The number of hydrogen-bond acceptors (Lipinski definition) is 5. The molecule has 26 heavy (non-hydrogen) atoms. The Morgan fingerprint density at radius 2 is 1.88 bits per heavy atom. The van der Waals surface area contributed by atoms with Crippen LogP contribution in [-0.4, -0.2) is 38.1 Å². The Hall–Kier alpha value is -1.90. The first kappa shape index (κ1) is 20.4. The molecule has 0 fully saturated rings. The van der Waals surface area contributed by atoms with Crippen molar-refractivity contribution in [3.63, 3.8) is 0 Å². The van der Waals surface area contributed by atoms with E-state index >= 15 is 0 Å². The van der Waals surface area contributed by atoms with Crippen LogP contribution in [0.25, 0.3) is 0 Å². The van der Waals surface area contributed by atoms with Gasteiger partial charge in [0.2, 0.25) is 10.0 Å². The zero-order valence-corrected chi connectivity index (χ0v) is 17.0. The van der Waals surface area contributed by atoms with E-state index in [4.69, 9.17) is 10.5 Å². The number of carbonyl (C=O) groups is 1. The summed E-state index contributed by atoms with van der Waals surface area (Å²) in [7, 11) is -2.46. The van der Waals surface area contributed by atoms with Crippen molar-refractivity contribution in [3.8, 4) is 0 Å². The molecule has 0 aliphatic rings. The molecule has 2 aromatic carbocycles. The van der Waals surface area contributed by atoms with Crippen LogP contribution in [0.3, 0.4) is 0 Å². The van der Waals surface area contributed by atoms with Crippen molar-refractivity contribution in [3.05, 3.63) is 64.1 Å². The fourth-order valence-electron chi connectivity index (χ4n) is 2.61. The lowest BCUT2D eigenvalue weighted by atomic mass is 10.1. The largest absolute Gasteiger partial charge is 0.468 e. The average Bonchev–Trinajstić information content (AvgIpc) is 2.60. The SMILES string of the molecule is COC(=O)[C@@H](Cc1ccccc1)N(Cc1cc(Br)ccc1N)S(C)(=O)=O. The van der Waals surface area contributed by atoms with E-state index < -0.39 is 22.0 Å². The number of nitrogen functional groups attached to an aromatic ring is 1. The van der Waals surface area contributed by atoms with Gasteiger partial charge in [-0.15, -0.1) is 0 Å². The molecule has 0 amide bonds. The molecule has 0 bridgehead atoms. The summed E-state index contributed by atoms with van der Waals surface area (Å²) in [6, 6.07) is 13.4. The van der Waals surface area contributed by atoms with E-state index in [1.807, 2.05) is 30.3 Å². The van der Waals surface area contributed by atoms with E-state index in [1.54, 1.807) is 18.2 Å². The minimum Gasteiger partial charge on any atom is -0.468 e. The van der Waals surface area contributed by atoms with Crippen LogP contribution in [0.2, 0.25) is 0 Å². The molecule has 1 atom stereocenters. The Kier molecular flexibility index (Phi) is 6.80. The maximum absolute atomic E-state index is 12.4. The van der Waals surface area contributed by atoms with Crippen LogP contribution < -0.4 is 5.73 Å². The normalized spacial score (nSPS) is 12.8. The fraction of sp³-hybridized carbons (Fsp3) is 0.278. The summed E-state index contributed by atoms with van der Waals surface area (Å²) in [6.45, 7) is -0.0310. The van der Waals surface area contributed by atoms with Crippen LogP contribution >= 0.6 is 15.9 Å². The molecule has 2 aromatic rings. The van der Waals surface area contributed by atoms with E-state index in [-0.39, 0.29) is 13.0 Å². The Balaban J connectivity index is 2.43. The number of nitrogens with two attached hydrogens (primary N) is 1. The van der Waals surface area contributed by atoms with Gasteiger partial charge in [-0.1, -0.05) is 46.3 Å². The number of ether oxygens (including phenoxy) is 1. The van der Waals surface area contributed by atoms with Gasteiger partial charge in [-0.2, -0.15) is 4.31 Å². The average molecular weight is 441 g/mol. The Labute approximate surface area is 162 Å². The van der Waals surface area contributed by atoms with Gasteiger partial charge in [-0.3, -0.25) is 4.79 Å². The second-order valence-corrected chi connectivity index (χ2v) is 8.73. The highest BCUT2D eigenvalue weighted by Gasteiger charge is 2.34. The van der Waals surface area contributed by atoms with Crippen LogP contribution in [0, 0.1) is 0 Å². The summed E-state index contributed by atoms with van der Waals surface area (Å²) in [5, 5.41) is 0. The summed E-state index contributed by atoms with van der Waals surface area (Å²) in [5.41, 5.74) is 7.87. The van der Waals surface area contributed by atoms with Gasteiger partial charge in [-0.05, 0) is 35.7 Å². The third-order valence-corrected chi connectivity index (χ3v) is 5.68. The van der Waals surface area contributed by atoms with Crippen molar-refractivity contribution < 1.29 is 17.9 Å². The van der Waals surface area contributed by atoms with Crippen molar-refractivity contribution in [2.45, 2.75) is 19.0 Å². The summed E-state index contributed by atoms with van der Waals surface area (Å²) < 4.78 is 31.7. The lowest BCUT2D eigenvalue weighted by molar-refractivity contribution is -0.145. The standard InChI is InChI=1S/C18H21BrN2O4S/c1-25-18(22)17(10-13-6-4-3-5-7-13)21(26(2,23)24)12-14-11-15(19)8-9-16(14)20/h3-9,11,17H,10,12,20H2,1-2H3/t17-/m1/s1. The maximum Gasteiger partial charge on any atom is 0.324 e. The van der Waals surface area contributed by atoms with Gasteiger partial charge in [0.05, 0.1) is 13.4 Å². The number of rotatable bonds is 7. The van der Waals surface area contributed by atoms with E-state index in [9.17, 15) is 13.2 Å². The van der Waals surface area contributed by atoms with Gasteiger partial charge in [0.15, 0.2) is 0 Å². The Morgan fingerprint density at radius 3 is 2.46 bits per heavy atom. The summed E-state index contributed by atoms with van der Waals surface area (Å²) in [5.74, 6) is -0.618. The lowest BCUT2D eigenvalue weighted by Crippen LogP contribution is -2.46. The Morgan fingerprint density at radius 1 is 1.23 bits per heavy atom. The molecular weight excluding hydrogens is 420 g/mol. The molecule has 6 nitrogen and oxygen atoms in total. The molecule has 0 radical (unpaired) electrons. The zero-order valence-electron chi connectivity index (χ0n) is 14.6. The highest BCUT2D eigenvalue weighted by Crippen LogP contribution is 2.24. The molecule has 0 unspecified atom stereocenters. The topological polar surface area (TPSA) is 89.7 Å². The zero-order chi connectivity index (χ0) is 19.3. The van der Waals surface area contributed by atoms with E-state index in [1.165, 1.54) is 7.11 Å². The van der Waals surface area contributed by atoms with E-state index in [0.29, 0.717) is 11.3 Å². The molecule has 8 heteroatoms. The lowest BCUT2D eigenvalue weighted by Gasteiger charge is -2.28. The number of hydrogen-bond donors (Lipinski definition) is 1. The minimum atomic E-state index is -3.71. The highest BCUT2D eigenvalue weighted by molar-refractivity contribution is 9.10. The second-order valence-electron chi connectivity index (χ2n) is 5.88. The first-order valence-electron chi connectivity index (χ1n) is 7.85. The Bertz CT molecular complexity index is 872. The van der Waals surface area contributed by atoms with Gasteiger partial charge in [0.25, 0.3) is 0 Å². The molecule has 0 saturated heterocycles. The maximum atomic E-state index is 12.4. The first-order valence-corrected chi connectivity index (χ1v) is 10.5. The van der Waals surface area contributed by atoms with Crippen molar-refractivity contribution >= 4 is 37.6 Å². The van der Waals surface area contributed by atoms with Gasteiger partial charge in [-0.25, -0.2) is 8.42 Å². The monoisotopic (exact) mass is 440 g/mol. The third-order valence-electron chi connectivity index (χ3n) is 3.95. The van der Waals surface area contributed by atoms with Gasteiger partial charge >= 0.3 is 5.97 Å². The van der Waals surface area contributed by atoms with E-state index in [0.717, 1.165) is 20.6 Å². The number of anilines is 1. The van der Waals surface area contributed by atoms with Crippen LogP contribution in [0.4, 0.5) is 5.69 Å². The number of nitrogens with zero attached hydrogens (tertiary/aromatic N) is 1. The van der Waals surface area contributed by atoms with Gasteiger partial charge in [0.1, 0.15) is 6.04 Å². The number of benzene rings is 2. The third kappa shape index (κ3) is 5.30. The van der Waals surface area contributed by atoms with Crippen molar-refractivity contribution in [2.24, 2.45) is 0 Å². The van der Waals surface area contributed by atoms with Gasteiger partial charge in [0, 0.05) is 16.7 Å². The van der Waals surface area contributed by atoms with Crippen LogP contribution in [0.15, 0.2) is 53.0 Å². The molecule has 0 aromatic heterocycles. The molecule has 0 spiro atoms. The summed E-state index contributed by atoms with van der Waals surface area (Å²) in [4.78, 5) is 12.4. The van der Waals surface area contributed by atoms with Crippen LogP contribution in [-0.2, 0) is 32.5 Å². The smallest absolute Gasteiger partial charge is 0.324 e. The fourth-order valence-corrected chi connectivity index (χ4v) is 4.02. The highest BCUT2D eigenvalue weighted by atomic mass is 79.9. The van der Waals surface area contributed by atoms with Gasteiger partial charge < -0.3 is 10.5 Å².